The van der Waals surface area contributed by atoms with Crippen molar-refractivity contribution in [1.82, 2.24) is 10.2 Å². The summed E-state index contributed by atoms with van der Waals surface area (Å²) in [6, 6.07) is 1.41. The van der Waals surface area contributed by atoms with Gasteiger partial charge in [-0.2, -0.15) is 0 Å². The summed E-state index contributed by atoms with van der Waals surface area (Å²) in [7, 11) is 0. The van der Waals surface area contributed by atoms with Gasteiger partial charge in [-0.15, -0.1) is 0 Å². The summed E-state index contributed by atoms with van der Waals surface area (Å²) in [6.45, 7) is 9.34. The molecule has 2 aliphatic rings. The van der Waals surface area contributed by atoms with Crippen LogP contribution in [0.2, 0.25) is 0 Å². The molecular formula is C14H28N2O. The molecule has 17 heavy (non-hydrogen) atoms. The van der Waals surface area contributed by atoms with Crippen molar-refractivity contribution in [3.8, 4) is 0 Å². The number of nitrogens with zero attached hydrogens (tertiary/aromatic N) is 1. The van der Waals surface area contributed by atoms with Gasteiger partial charge >= 0.3 is 0 Å². The first-order valence-electron chi connectivity index (χ1n) is 7.22. The number of aliphatic hydroxyl groups excluding tert-OH is 1. The number of hydrogen-bond acceptors (Lipinski definition) is 3. The topological polar surface area (TPSA) is 35.5 Å². The highest BCUT2D eigenvalue weighted by Crippen LogP contribution is 2.37. The van der Waals surface area contributed by atoms with E-state index >= 15 is 0 Å². The monoisotopic (exact) mass is 240 g/mol. The summed E-state index contributed by atoms with van der Waals surface area (Å²) in [5, 5.41) is 13.2. The van der Waals surface area contributed by atoms with Gasteiger partial charge in [0.2, 0.25) is 0 Å². The van der Waals surface area contributed by atoms with Crippen molar-refractivity contribution in [3.63, 3.8) is 0 Å². The van der Waals surface area contributed by atoms with Crippen LogP contribution in [0.15, 0.2) is 0 Å². The van der Waals surface area contributed by atoms with Crippen molar-refractivity contribution in [2.45, 2.75) is 64.1 Å². The Bertz CT molecular complexity index is 259. The van der Waals surface area contributed by atoms with Crippen molar-refractivity contribution in [3.05, 3.63) is 0 Å². The standard InChI is InChI=1S/C14H28N2O/c1-4-15-14(10-17)6-5-13(8-14)16-9-11(2)7-12(16)3/h11-13,15,17H,4-10H2,1-3H3. The third-order valence-electron chi connectivity index (χ3n) is 4.74. The number of rotatable bonds is 4. The van der Waals surface area contributed by atoms with E-state index in [2.05, 4.69) is 31.0 Å². The van der Waals surface area contributed by atoms with E-state index in [4.69, 9.17) is 0 Å². The van der Waals surface area contributed by atoms with E-state index in [0.717, 1.165) is 31.3 Å². The fourth-order valence-corrected chi connectivity index (χ4v) is 3.96. The molecule has 0 aromatic heterocycles. The quantitative estimate of drug-likeness (QED) is 0.783. The van der Waals surface area contributed by atoms with Crippen LogP contribution in [0.1, 0.15) is 46.5 Å². The summed E-state index contributed by atoms with van der Waals surface area (Å²) in [6.07, 6.45) is 4.82. The normalized spacial score (nSPS) is 43.4. The van der Waals surface area contributed by atoms with Crippen LogP contribution in [0.5, 0.6) is 0 Å². The molecule has 1 heterocycles. The Balaban J connectivity index is 1.97. The Morgan fingerprint density at radius 3 is 2.71 bits per heavy atom. The summed E-state index contributed by atoms with van der Waals surface area (Å²) < 4.78 is 0. The second kappa shape index (κ2) is 5.25. The van der Waals surface area contributed by atoms with Gasteiger partial charge in [-0.25, -0.2) is 0 Å². The van der Waals surface area contributed by atoms with Crippen LogP contribution in [0, 0.1) is 5.92 Å². The van der Waals surface area contributed by atoms with Gasteiger partial charge in [-0.05, 0) is 45.1 Å². The Hall–Kier alpha value is -0.120. The molecule has 2 N–H and O–H groups in total. The third kappa shape index (κ3) is 2.67. The molecule has 1 aliphatic heterocycles. The lowest BCUT2D eigenvalue weighted by atomic mass is 9.98. The molecule has 4 unspecified atom stereocenters. The summed E-state index contributed by atoms with van der Waals surface area (Å²) in [4.78, 5) is 2.68. The van der Waals surface area contributed by atoms with E-state index in [1.807, 2.05) is 0 Å². The summed E-state index contributed by atoms with van der Waals surface area (Å²) in [5.74, 6) is 0.841. The lowest BCUT2D eigenvalue weighted by Gasteiger charge is -2.32. The van der Waals surface area contributed by atoms with E-state index < -0.39 is 0 Å². The molecule has 100 valence electrons. The van der Waals surface area contributed by atoms with E-state index in [9.17, 15) is 5.11 Å². The molecule has 3 heteroatoms. The van der Waals surface area contributed by atoms with Crippen molar-refractivity contribution < 1.29 is 5.11 Å². The Morgan fingerprint density at radius 2 is 2.18 bits per heavy atom. The fourth-order valence-electron chi connectivity index (χ4n) is 3.96. The van der Waals surface area contributed by atoms with Gasteiger partial charge in [0.15, 0.2) is 0 Å². The van der Waals surface area contributed by atoms with Crippen LogP contribution in [0.25, 0.3) is 0 Å². The molecule has 1 saturated heterocycles. The number of nitrogens with one attached hydrogen (secondary N) is 1. The van der Waals surface area contributed by atoms with Crippen LogP contribution in [0.4, 0.5) is 0 Å². The minimum atomic E-state index is 0.00493. The van der Waals surface area contributed by atoms with Crippen LogP contribution in [-0.4, -0.2) is 47.3 Å². The lowest BCUT2D eigenvalue weighted by molar-refractivity contribution is 0.140. The van der Waals surface area contributed by atoms with Gasteiger partial charge in [-0.1, -0.05) is 13.8 Å². The van der Waals surface area contributed by atoms with Crippen LogP contribution in [-0.2, 0) is 0 Å². The highest BCUT2D eigenvalue weighted by Gasteiger charge is 2.43. The molecule has 0 bridgehead atoms. The van der Waals surface area contributed by atoms with Gasteiger partial charge < -0.3 is 10.4 Å². The van der Waals surface area contributed by atoms with E-state index in [1.54, 1.807) is 0 Å². The molecule has 0 spiro atoms. The number of hydrogen-bond donors (Lipinski definition) is 2. The number of likely N-dealkylation sites (tertiary alicyclic amines) is 1. The minimum absolute atomic E-state index is 0.00493. The average molecular weight is 240 g/mol. The smallest absolute Gasteiger partial charge is 0.0613 e. The first kappa shape index (κ1) is 13.3. The maximum Gasteiger partial charge on any atom is 0.0613 e. The molecule has 0 aromatic rings. The Morgan fingerprint density at radius 1 is 1.41 bits per heavy atom. The second-order valence-electron chi connectivity index (χ2n) is 6.25. The minimum Gasteiger partial charge on any atom is -0.394 e. The Kier molecular flexibility index (Phi) is 4.11. The number of likely N-dealkylation sites (N-methyl/N-ethyl adjacent to an activating group) is 1. The molecule has 1 saturated carbocycles. The SMILES string of the molecule is CCNC1(CO)CCC(N2CC(C)CC2C)C1. The molecule has 0 aromatic carbocycles. The second-order valence-corrected chi connectivity index (χ2v) is 6.25. The summed E-state index contributed by atoms with van der Waals surface area (Å²) in [5.41, 5.74) is 0.00493. The highest BCUT2D eigenvalue weighted by molar-refractivity contribution is 5.01. The molecule has 4 atom stereocenters. The van der Waals surface area contributed by atoms with Crippen molar-refractivity contribution in [2.75, 3.05) is 19.7 Å². The third-order valence-corrected chi connectivity index (χ3v) is 4.74. The average Bonchev–Trinajstić information content (AvgIpc) is 2.84. The van der Waals surface area contributed by atoms with Gasteiger partial charge in [0.1, 0.15) is 0 Å². The zero-order chi connectivity index (χ0) is 12.5. The summed E-state index contributed by atoms with van der Waals surface area (Å²) >= 11 is 0. The lowest BCUT2D eigenvalue weighted by Crippen LogP contribution is -2.48. The van der Waals surface area contributed by atoms with Gasteiger partial charge in [0.05, 0.1) is 6.61 Å². The van der Waals surface area contributed by atoms with Gasteiger partial charge in [-0.3, -0.25) is 4.90 Å². The van der Waals surface area contributed by atoms with E-state index in [-0.39, 0.29) is 12.1 Å². The van der Waals surface area contributed by atoms with E-state index in [0.29, 0.717) is 6.04 Å². The van der Waals surface area contributed by atoms with Gasteiger partial charge in [0, 0.05) is 24.2 Å². The van der Waals surface area contributed by atoms with Crippen molar-refractivity contribution in [1.29, 1.82) is 0 Å². The maximum atomic E-state index is 9.65. The predicted molar refractivity (Wildman–Crippen MR) is 71.1 cm³/mol. The van der Waals surface area contributed by atoms with Crippen molar-refractivity contribution >= 4 is 0 Å². The Labute approximate surface area is 106 Å². The molecule has 3 nitrogen and oxygen atoms in total. The fraction of sp³-hybridized carbons (Fsp3) is 1.00. The van der Waals surface area contributed by atoms with Crippen molar-refractivity contribution in [2.24, 2.45) is 5.92 Å². The molecule has 0 amide bonds. The molecule has 2 rings (SSSR count). The largest absolute Gasteiger partial charge is 0.394 e. The first-order chi connectivity index (χ1) is 8.10. The zero-order valence-electron chi connectivity index (χ0n) is 11.6. The number of aliphatic hydroxyl groups is 1. The maximum absolute atomic E-state index is 9.65. The highest BCUT2D eigenvalue weighted by atomic mass is 16.3. The predicted octanol–water partition coefficient (Wildman–Crippen LogP) is 1.61. The molecule has 2 fully saturated rings. The zero-order valence-corrected chi connectivity index (χ0v) is 11.6. The van der Waals surface area contributed by atoms with Crippen LogP contribution in [0.3, 0.4) is 0 Å². The molecule has 1 aliphatic carbocycles. The van der Waals surface area contributed by atoms with E-state index in [1.165, 1.54) is 19.4 Å². The first-order valence-corrected chi connectivity index (χ1v) is 7.22. The van der Waals surface area contributed by atoms with Gasteiger partial charge in [0.25, 0.3) is 0 Å². The van der Waals surface area contributed by atoms with Crippen LogP contribution >= 0.6 is 0 Å². The van der Waals surface area contributed by atoms with Crippen LogP contribution < -0.4 is 5.32 Å². The molecular weight excluding hydrogens is 212 g/mol. The molecule has 0 radical (unpaired) electrons.